The molecule has 2 amide bonds. The first-order valence-electron chi connectivity index (χ1n) is 9.89. The van der Waals surface area contributed by atoms with Crippen LogP contribution in [0.15, 0.2) is 46.6 Å². The number of H-pyrrole nitrogens is 3. The average molecular weight is 421 g/mol. The maximum absolute atomic E-state index is 13.2. The highest BCUT2D eigenvalue weighted by atomic mass is 16.2. The van der Waals surface area contributed by atoms with Crippen molar-refractivity contribution in [2.75, 3.05) is 6.54 Å². The summed E-state index contributed by atoms with van der Waals surface area (Å²) in [5, 5.41) is 2.87. The molecule has 11 heteroatoms. The van der Waals surface area contributed by atoms with Crippen LogP contribution in [0.4, 0.5) is 0 Å². The summed E-state index contributed by atoms with van der Waals surface area (Å²) in [6.45, 7) is 0.502. The number of pyridine rings is 1. The molecule has 158 valence electrons. The Morgan fingerprint density at radius 3 is 2.77 bits per heavy atom. The van der Waals surface area contributed by atoms with Gasteiger partial charge in [-0.3, -0.25) is 24.4 Å². The Morgan fingerprint density at radius 1 is 1.19 bits per heavy atom. The normalized spacial score (nSPS) is 21.9. The van der Waals surface area contributed by atoms with Gasteiger partial charge >= 0.3 is 5.69 Å². The summed E-state index contributed by atoms with van der Waals surface area (Å²) in [7, 11) is 0. The van der Waals surface area contributed by atoms with E-state index in [2.05, 4.69) is 25.3 Å². The Morgan fingerprint density at radius 2 is 2.06 bits per heavy atom. The van der Waals surface area contributed by atoms with Crippen molar-refractivity contribution in [3.63, 3.8) is 0 Å². The van der Waals surface area contributed by atoms with Gasteiger partial charge in [-0.05, 0) is 30.9 Å². The number of nitrogens with one attached hydrogen (secondary N) is 4. The van der Waals surface area contributed by atoms with E-state index in [0.717, 1.165) is 18.2 Å². The van der Waals surface area contributed by atoms with Crippen molar-refractivity contribution < 1.29 is 9.59 Å². The van der Waals surface area contributed by atoms with Crippen LogP contribution in [0.1, 0.15) is 33.7 Å². The Kier molecular flexibility index (Phi) is 4.50. The first-order chi connectivity index (χ1) is 15.0. The first kappa shape index (κ1) is 19.0. The number of piperidine rings is 1. The zero-order valence-corrected chi connectivity index (χ0v) is 16.3. The van der Waals surface area contributed by atoms with E-state index in [9.17, 15) is 19.2 Å². The fraction of sp³-hybridized carbons (Fsp3) is 0.300. The van der Waals surface area contributed by atoms with E-state index in [-0.39, 0.29) is 29.5 Å². The minimum atomic E-state index is -0.733. The quantitative estimate of drug-likeness (QED) is 0.460. The summed E-state index contributed by atoms with van der Waals surface area (Å²) in [6, 6.07) is 3.48. The number of aromatic nitrogens is 5. The lowest BCUT2D eigenvalue weighted by Gasteiger charge is -2.31. The molecular weight excluding hydrogens is 402 g/mol. The molecule has 0 radical (unpaired) electrons. The number of hydrogen-bond acceptors (Lipinski definition) is 6. The van der Waals surface area contributed by atoms with Gasteiger partial charge in [0.15, 0.2) is 0 Å². The van der Waals surface area contributed by atoms with E-state index in [1.165, 1.54) is 6.33 Å². The number of imidazole rings is 1. The van der Waals surface area contributed by atoms with E-state index in [1.54, 1.807) is 18.5 Å². The second-order valence-corrected chi connectivity index (χ2v) is 7.78. The molecule has 2 aliphatic rings. The third kappa shape index (κ3) is 3.33. The predicted molar refractivity (Wildman–Crippen MR) is 108 cm³/mol. The van der Waals surface area contributed by atoms with Crippen molar-refractivity contribution in [3.05, 3.63) is 69.1 Å². The molecule has 0 aromatic carbocycles. The van der Waals surface area contributed by atoms with Crippen LogP contribution in [-0.4, -0.2) is 60.3 Å². The molecule has 1 saturated heterocycles. The third-order valence-corrected chi connectivity index (χ3v) is 5.97. The van der Waals surface area contributed by atoms with E-state index in [1.807, 2.05) is 16.0 Å². The lowest BCUT2D eigenvalue weighted by Crippen LogP contribution is -2.48. The SMILES string of the molecule is O=C(N[C@H]1C[C@@H]2C[C@H]1CN2C(=O)c1[nH]cnc1-c1cccnc1)c1c[nH]c(=O)[nH]c1=O. The zero-order valence-electron chi connectivity index (χ0n) is 16.3. The molecule has 0 spiro atoms. The van der Waals surface area contributed by atoms with Crippen molar-refractivity contribution in [3.8, 4) is 11.3 Å². The summed E-state index contributed by atoms with van der Waals surface area (Å²) in [5.74, 6) is -0.587. The second kappa shape index (κ2) is 7.35. The van der Waals surface area contributed by atoms with Gasteiger partial charge in [-0.25, -0.2) is 9.78 Å². The van der Waals surface area contributed by atoms with Crippen LogP contribution in [0, 0.1) is 5.92 Å². The van der Waals surface area contributed by atoms with Crippen LogP contribution in [0.25, 0.3) is 11.3 Å². The number of likely N-dealkylation sites (tertiary alicyclic amines) is 1. The lowest BCUT2D eigenvalue weighted by molar-refractivity contribution is 0.0675. The number of carbonyl (C=O) groups is 2. The molecule has 31 heavy (non-hydrogen) atoms. The molecule has 11 nitrogen and oxygen atoms in total. The molecular formula is C20H19N7O4. The molecule has 1 aliphatic carbocycles. The lowest BCUT2D eigenvalue weighted by atomic mass is 10.0. The number of aromatic amines is 3. The fourth-order valence-corrected chi connectivity index (χ4v) is 4.53. The van der Waals surface area contributed by atoms with Gasteiger partial charge in [0.25, 0.3) is 17.4 Å². The van der Waals surface area contributed by atoms with Crippen molar-refractivity contribution in [2.45, 2.75) is 24.9 Å². The van der Waals surface area contributed by atoms with Crippen molar-refractivity contribution in [1.29, 1.82) is 0 Å². The maximum Gasteiger partial charge on any atom is 0.325 e. The van der Waals surface area contributed by atoms with Crippen molar-refractivity contribution in [1.82, 2.24) is 35.1 Å². The number of amides is 2. The topological polar surface area (TPSA) is 157 Å². The summed E-state index contributed by atoms with van der Waals surface area (Å²) in [6.07, 6.45) is 7.29. The molecule has 4 heterocycles. The molecule has 3 atom stereocenters. The van der Waals surface area contributed by atoms with E-state index in [0.29, 0.717) is 24.4 Å². The van der Waals surface area contributed by atoms with Gasteiger partial charge in [-0.1, -0.05) is 0 Å². The number of nitrogens with zero attached hydrogens (tertiary/aromatic N) is 3. The Labute approximate surface area is 174 Å². The number of fused-ring (bicyclic) bond motifs is 2. The fourth-order valence-electron chi connectivity index (χ4n) is 4.53. The van der Waals surface area contributed by atoms with Gasteiger partial charge < -0.3 is 20.2 Å². The van der Waals surface area contributed by atoms with Crippen LogP contribution < -0.4 is 16.6 Å². The average Bonchev–Trinajstić information content (AvgIpc) is 3.49. The van der Waals surface area contributed by atoms with Gasteiger partial charge in [0, 0.05) is 42.8 Å². The van der Waals surface area contributed by atoms with Gasteiger partial charge in [0.05, 0.1) is 6.33 Å². The minimum absolute atomic E-state index is 0.0123. The summed E-state index contributed by atoms with van der Waals surface area (Å²) in [5.41, 5.74) is 0.189. The molecule has 0 unspecified atom stereocenters. The molecule has 2 fully saturated rings. The molecule has 2 bridgehead atoms. The Balaban J connectivity index is 1.28. The molecule has 1 saturated carbocycles. The summed E-state index contributed by atoms with van der Waals surface area (Å²) < 4.78 is 0. The van der Waals surface area contributed by atoms with Crippen LogP contribution >= 0.6 is 0 Å². The maximum atomic E-state index is 13.2. The van der Waals surface area contributed by atoms with Crippen molar-refractivity contribution >= 4 is 11.8 Å². The van der Waals surface area contributed by atoms with E-state index >= 15 is 0 Å². The minimum Gasteiger partial charge on any atom is -0.349 e. The standard InChI is InChI=1S/C20H19N7O4/c28-17(13-7-22-20(31)26-18(13)29)25-14-5-12-4-11(14)8-27(12)19(30)16-15(23-9-24-16)10-2-1-3-21-6-10/h1-3,6-7,9,11-12,14H,4-5,8H2,(H,23,24)(H,25,28)(H2,22,26,29,31)/t11-,12-,14-/m0/s1. The van der Waals surface area contributed by atoms with E-state index < -0.39 is 17.2 Å². The first-order valence-corrected chi connectivity index (χ1v) is 9.89. The zero-order chi connectivity index (χ0) is 21.5. The largest absolute Gasteiger partial charge is 0.349 e. The van der Waals surface area contributed by atoms with Crippen LogP contribution in [0.3, 0.4) is 0 Å². The Hall–Kier alpha value is -4.02. The second-order valence-electron chi connectivity index (χ2n) is 7.78. The molecule has 5 rings (SSSR count). The highest BCUT2D eigenvalue weighted by molar-refractivity contribution is 5.98. The highest BCUT2D eigenvalue weighted by Gasteiger charge is 2.47. The van der Waals surface area contributed by atoms with Gasteiger partial charge in [0.1, 0.15) is 17.0 Å². The van der Waals surface area contributed by atoms with Crippen molar-refractivity contribution in [2.24, 2.45) is 5.92 Å². The third-order valence-electron chi connectivity index (χ3n) is 5.97. The smallest absolute Gasteiger partial charge is 0.325 e. The van der Waals surface area contributed by atoms with E-state index in [4.69, 9.17) is 0 Å². The number of rotatable bonds is 4. The molecule has 3 aromatic heterocycles. The van der Waals surface area contributed by atoms with Crippen LogP contribution in [0.5, 0.6) is 0 Å². The molecule has 4 N–H and O–H groups in total. The number of carbonyl (C=O) groups excluding carboxylic acids is 2. The summed E-state index contributed by atoms with van der Waals surface area (Å²) in [4.78, 5) is 66.1. The predicted octanol–water partition coefficient (Wildman–Crippen LogP) is -0.119. The highest BCUT2D eigenvalue weighted by Crippen LogP contribution is 2.39. The van der Waals surface area contributed by atoms with Gasteiger partial charge in [-0.15, -0.1) is 0 Å². The van der Waals surface area contributed by atoms with Gasteiger partial charge in [-0.2, -0.15) is 0 Å². The van der Waals surface area contributed by atoms with Crippen LogP contribution in [-0.2, 0) is 0 Å². The number of hydrogen-bond donors (Lipinski definition) is 4. The van der Waals surface area contributed by atoms with Crippen LogP contribution in [0.2, 0.25) is 0 Å². The molecule has 3 aromatic rings. The monoisotopic (exact) mass is 421 g/mol. The van der Waals surface area contributed by atoms with Gasteiger partial charge in [0.2, 0.25) is 0 Å². The Bertz CT molecular complexity index is 1260. The molecule has 1 aliphatic heterocycles. The summed E-state index contributed by atoms with van der Waals surface area (Å²) >= 11 is 0.